The van der Waals surface area contributed by atoms with Crippen LogP contribution in [0.25, 0.3) is 0 Å². The van der Waals surface area contributed by atoms with E-state index in [1.165, 1.54) is 11.3 Å². The summed E-state index contributed by atoms with van der Waals surface area (Å²) in [7, 11) is 0. The zero-order chi connectivity index (χ0) is 12.5. The summed E-state index contributed by atoms with van der Waals surface area (Å²) < 4.78 is 5.41. The summed E-state index contributed by atoms with van der Waals surface area (Å²) in [4.78, 5) is 18.4. The third-order valence-corrected chi connectivity index (χ3v) is 4.41. The second-order valence-electron chi connectivity index (χ2n) is 4.74. The highest BCUT2D eigenvalue weighted by molar-refractivity contribution is 7.17. The predicted molar refractivity (Wildman–Crippen MR) is 68.7 cm³/mol. The number of ether oxygens (including phenoxy) is 1. The molecule has 0 bridgehead atoms. The maximum atomic E-state index is 11.2. The van der Waals surface area contributed by atoms with E-state index in [9.17, 15) is 9.90 Å². The zero-order valence-corrected chi connectivity index (χ0v) is 10.9. The fraction of sp³-hybridized carbons (Fsp3) is 0.667. The van der Waals surface area contributed by atoms with E-state index in [-0.39, 0.29) is 0 Å². The minimum atomic E-state index is -0.841. The first-order chi connectivity index (χ1) is 8.75. The summed E-state index contributed by atoms with van der Waals surface area (Å²) in [5, 5.41) is 10.1. The Morgan fingerprint density at radius 1 is 1.39 bits per heavy atom. The minimum Gasteiger partial charge on any atom is -0.477 e. The van der Waals surface area contributed by atoms with E-state index in [1.807, 2.05) is 0 Å². The van der Waals surface area contributed by atoms with Crippen LogP contribution in [-0.2, 0) is 4.74 Å². The average molecular weight is 268 g/mol. The maximum Gasteiger partial charge on any atom is 0.347 e. The lowest BCUT2D eigenvalue weighted by Crippen LogP contribution is -2.25. The van der Waals surface area contributed by atoms with Crippen molar-refractivity contribution in [1.82, 2.24) is 4.98 Å². The molecule has 1 saturated carbocycles. The molecule has 0 atom stereocenters. The summed E-state index contributed by atoms with van der Waals surface area (Å²) in [6, 6.07) is 0. The van der Waals surface area contributed by atoms with Gasteiger partial charge >= 0.3 is 5.97 Å². The molecule has 1 N–H and O–H groups in total. The number of aromatic carboxylic acids is 1. The van der Waals surface area contributed by atoms with E-state index in [2.05, 4.69) is 9.88 Å². The number of anilines is 1. The molecule has 0 radical (unpaired) electrons. The molecular weight excluding hydrogens is 252 g/mol. The molecule has 1 aliphatic heterocycles. The van der Waals surface area contributed by atoms with Gasteiger partial charge in [0.25, 0.3) is 0 Å². The Morgan fingerprint density at radius 3 is 2.94 bits per heavy atom. The number of rotatable bonds is 3. The molecular formula is C12H16N2O3S. The Kier molecular flexibility index (Phi) is 3.22. The van der Waals surface area contributed by atoms with Gasteiger partial charge < -0.3 is 14.7 Å². The van der Waals surface area contributed by atoms with Crippen LogP contribution < -0.4 is 4.90 Å². The summed E-state index contributed by atoms with van der Waals surface area (Å²) in [5.41, 5.74) is 0.799. The van der Waals surface area contributed by atoms with Gasteiger partial charge in [0.15, 0.2) is 5.13 Å². The first kappa shape index (κ1) is 11.9. The predicted octanol–water partition coefficient (Wildman–Crippen LogP) is 1.95. The van der Waals surface area contributed by atoms with Gasteiger partial charge in [0, 0.05) is 25.6 Å². The molecule has 98 valence electrons. The molecule has 2 aliphatic rings. The highest BCUT2D eigenvalue weighted by atomic mass is 32.1. The summed E-state index contributed by atoms with van der Waals surface area (Å²) >= 11 is 1.31. The Hall–Kier alpha value is -1.14. The molecule has 0 spiro atoms. The van der Waals surface area contributed by atoms with Crippen molar-refractivity contribution in [1.29, 1.82) is 0 Å². The number of thiazole rings is 1. The van der Waals surface area contributed by atoms with Crippen molar-refractivity contribution in [2.24, 2.45) is 0 Å². The fourth-order valence-corrected chi connectivity index (χ4v) is 3.22. The molecule has 6 heteroatoms. The van der Waals surface area contributed by atoms with Gasteiger partial charge in [-0.3, -0.25) is 0 Å². The van der Waals surface area contributed by atoms with E-state index in [4.69, 9.17) is 4.74 Å². The van der Waals surface area contributed by atoms with Crippen molar-refractivity contribution in [3.05, 3.63) is 10.6 Å². The molecule has 0 amide bonds. The van der Waals surface area contributed by atoms with Crippen molar-refractivity contribution in [3.8, 4) is 0 Å². The Balaban J connectivity index is 1.86. The molecule has 5 nitrogen and oxygen atoms in total. The van der Waals surface area contributed by atoms with Gasteiger partial charge in [0.05, 0.1) is 12.3 Å². The van der Waals surface area contributed by atoms with Crippen LogP contribution in [0.3, 0.4) is 0 Å². The highest BCUT2D eigenvalue weighted by Gasteiger charge is 2.33. The van der Waals surface area contributed by atoms with Gasteiger partial charge in [-0.25, -0.2) is 9.78 Å². The van der Waals surface area contributed by atoms with Gasteiger partial charge in [-0.05, 0) is 19.3 Å². The molecule has 1 aliphatic carbocycles. The number of aromatic nitrogens is 1. The number of carboxylic acid groups (broad SMARTS) is 1. The van der Waals surface area contributed by atoms with Gasteiger partial charge in [-0.15, -0.1) is 0 Å². The first-order valence-corrected chi connectivity index (χ1v) is 7.14. The number of nitrogens with zero attached hydrogens (tertiary/aromatic N) is 2. The SMILES string of the molecule is O=C(O)c1sc(N2CCCOCC2)nc1C1CC1. The monoisotopic (exact) mass is 268 g/mol. The van der Waals surface area contributed by atoms with Crippen molar-refractivity contribution in [2.75, 3.05) is 31.2 Å². The third-order valence-electron chi connectivity index (χ3n) is 3.29. The van der Waals surface area contributed by atoms with Gasteiger partial charge in [0.1, 0.15) is 4.88 Å². The number of carboxylic acids is 1. The van der Waals surface area contributed by atoms with E-state index in [0.717, 1.165) is 49.8 Å². The zero-order valence-electron chi connectivity index (χ0n) is 10.1. The molecule has 1 saturated heterocycles. The van der Waals surface area contributed by atoms with Crippen LogP contribution in [0.15, 0.2) is 0 Å². The molecule has 1 aromatic rings. The van der Waals surface area contributed by atoms with Crippen LogP contribution in [0.2, 0.25) is 0 Å². The van der Waals surface area contributed by atoms with E-state index < -0.39 is 5.97 Å². The molecule has 3 rings (SSSR count). The molecule has 2 fully saturated rings. The van der Waals surface area contributed by atoms with Crippen LogP contribution in [0.5, 0.6) is 0 Å². The summed E-state index contributed by atoms with van der Waals surface area (Å²) in [6.07, 6.45) is 3.12. The standard InChI is InChI=1S/C12H16N2O3S/c15-11(16)10-9(8-2-3-8)13-12(18-10)14-4-1-6-17-7-5-14/h8H,1-7H2,(H,15,16). The van der Waals surface area contributed by atoms with Crippen LogP contribution in [0, 0.1) is 0 Å². The molecule has 18 heavy (non-hydrogen) atoms. The van der Waals surface area contributed by atoms with Crippen LogP contribution >= 0.6 is 11.3 Å². The summed E-state index contributed by atoms with van der Waals surface area (Å²) in [5.74, 6) is -0.462. The van der Waals surface area contributed by atoms with Crippen molar-refractivity contribution in [3.63, 3.8) is 0 Å². The maximum absolute atomic E-state index is 11.2. The quantitative estimate of drug-likeness (QED) is 0.907. The van der Waals surface area contributed by atoms with Gasteiger partial charge in [-0.2, -0.15) is 0 Å². The number of carbonyl (C=O) groups is 1. The number of hydrogen-bond donors (Lipinski definition) is 1. The van der Waals surface area contributed by atoms with Crippen molar-refractivity contribution in [2.45, 2.75) is 25.2 Å². The number of hydrogen-bond acceptors (Lipinski definition) is 5. The smallest absolute Gasteiger partial charge is 0.347 e. The van der Waals surface area contributed by atoms with Gasteiger partial charge in [-0.1, -0.05) is 11.3 Å². The average Bonchev–Trinajstić information content (AvgIpc) is 3.14. The van der Waals surface area contributed by atoms with Gasteiger partial charge in [0.2, 0.25) is 0 Å². The minimum absolute atomic E-state index is 0.379. The second-order valence-corrected chi connectivity index (χ2v) is 5.72. The Morgan fingerprint density at radius 2 is 2.22 bits per heavy atom. The van der Waals surface area contributed by atoms with Crippen LogP contribution in [0.1, 0.15) is 40.5 Å². The van der Waals surface area contributed by atoms with Crippen molar-refractivity contribution < 1.29 is 14.6 Å². The lowest BCUT2D eigenvalue weighted by molar-refractivity contribution is 0.0700. The Bertz CT molecular complexity index is 448. The fourth-order valence-electron chi connectivity index (χ4n) is 2.18. The third kappa shape index (κ3) is 2.35. The van der Waals surface area contributed by atoms with E-state index in [1.54, 1.807) is 0 Å². The summed E-state index contributed by atoms with van der Waals surface area (Å²) in [6.45, 7) is 3.18. The molecule has 2 heterocycles. The Labute approximate surface area is 109 Å². The van der Waals surface area contributed by atoms with Crippen molar-refractivity contribution >= 4 is 22.4 Å². The largest absolute Gasteiger partial charge is 0.477 e. The normalized spacial score (nSPS) is 20.8. The first-order valence-electron chi connectivity index (χ1n) is 6.32. The molecule has 0 aromatic carbocycles. The topological polar surface area (TPSA) is 62.7 Å². The molecule has 0 unspecified atom stereocenters. The van der Waals surface area contributed by atoms with Crippen LogP contribution in [-0.4, -0.2) is 42.4 Å². The lowest BCUT2D eigenvalue weighted by atomic mass is 10.2. The van der Waals surface area contributed by atoms with Crippen LogP contribution in [0.4, 0.5) is 5.13 Å². The molecule has 1 aromatic heterocycles. The van der Waals surface area contributed by atoms with E-state index >= 15 is 0 Å². The highest BCUT2D eigenvalue weighted by Crippen LogP contribution is 2.44. The van der Waals surface area contributed by atoms with E-state index in [0.29, 0.717) is 17.4 Å². The second kappa shape index (κ2) is 4.85. The lowest BCUT2D eigenvalue weighted by Gasteiger charge is -2.17.